The zero-order valence-corrected chi connectivity index (χ0v) is 17.0. The summed E-state index contributed by atoms with van der Waals surface area (Å²) in [5.74, 6) is 0.413. The Hall–Kier alpha value is -2.17. The number of imide groups is 1. The molecule has 0 spiro atoms. The zero-order chi connectivity index (χ0) is 20.3. The Morgan fingerprint density at radius 1 is 1.18 bits per heavy atom. The van der Waals surface area contributed by atoms with Crippen molar-refractivity contribution in [3.63, 3.8) is 0 Å². The summed E-state index contributed by atoms with van der Waals surface area (Å²) >= 11 is 0. The van der Waals surface area contributed by atoms with Crippen LogP contribution >= 0.6 is 0 Å². The lowest BCUT2D eigenvalue weighted by molar-refractivity contribution is -0.910. The highest BCUT2D eigenvalue weighted by Crippen LogP contribution is 2.19. The second-order valence-corrected chi connectivity index (χ2v) is 8.98. The van der Waals surface area contributed by atoms with Crippen LogP contribution in [0.4, 0.5) is 4.79 Å². The highest BCUT2D eigenvalue weighted by molar-refractivity contribution is 7.89. The van der Waals surface area contributed by atoms with Crippen LogP contribution in [0.1, 0.15) is 19.8 Å². The molecule has 28 heavy (non-hydrogen) atoms. The number of nitrogens with one attached hydrogen (secondary N) is 2. The van der Waals surface area contributed by atoms with Gasteiger partial charge < -0.3 is 15.0 Å². The van der Waals surface area contributed by atoms with Crippen molar-refractivity contribution in [3.8, 4) is 5.75 Å². The zero-order valence-electron chi connectivity index (χ0n) is 16.2. The van der Waals surface area contributed by atoms with E-state index in [2.05, 4.69) is 5.32 Å². The van der Waals surface area contributed by atoms with Gasteiger partial charge in [0, 0.05) is 0 Å². The number of rotatable bonds is 7. The first kappa shape index (κ1) is 20.6. The van der Waals surface area contributed by atoms with Crippen LogP contribution in [-0.4, -0.2) is 75.6 Å². The quantitative estimate of drug-likeness (QED) is 0.576. The van der Waals surface area contributed by atoms with Crippen LogP contribution < -0.4 is 15.0 Å². The largest absolute Gasteiger partial charge is 0.497 e. The molecule has 0 bridgehead atoms. The number of carbonyl (C=O) groups is 2. The van der Waals surface area contributed by atoms with Crippen LogP contribution in [-0.2, 0) is 14.8 Å². The summed E-state index contributed by atoms with van der Waals surface area (Å²) in [6, 6.07) is 5.53. The van der Waals surface area contributed by atoms with E-state index in [4.69, 9.17) is 4.74 Å². The molecule has 0 aromatic heterocycles. The van der Waals surface area contributed by atoms with E-state index in [-0.39, 0.29) is 23.5 Å². The van der Waals surface area contributed by atoms with E-state index in [1.165, 1.54) is 28.4 Å². The van der Waals surface area contributed by atoms with E-state index >= 15 is 0 Å². The van der Waals surface area contributed by atoms with Gasteiger partial charge in [0.25, 0.3) is 5.91 Å². The number of hydrogen-bond donors (Lipinski definition) is 2. The molecule has 2 saturated heterocycles. The van der Waals surface area contributed by atoms with Crippen molar-refractivity contribution < 1.29 is 27.6 Å². The van der Waals surface area contributed by atoms with Crippen LogP contribution in [0.3, 0.4) is 0 Å². The predicted octanol–water partition coefficient (Wildman–Crippen LogP) is -0.738. The van der Waals surface area contributed by atoms with Crippen molar-refractivity contribution in [3.05, 3.63) is 24.3 Å². The van der Waals surface area contributed by atoms with E-state index in [1.807, 2.05) is 6.92 Å². The summed E-state index contributed by atoms with van der Waals surface area (Å²) in [4.78, 5) is 26.9. The van der Waals surface area contributed by atoms with Crippen molar-refractivity contribution in [2.75, 3.05) is 40.0 Å². The minimum atomic E-state index is -3.57. The summed E-state index contributed by atoms with van der Waals surface area (Å²) < 4.78 is 32.1. The third kappa shape index (κ3) is 4.13. The third-order valence-corrected chi connectivity index (χ3v) is 7.11. The normalized spacial score (nSPS) is 21.8. The average molecular weight is 412 g/mol. The number of piperazine rings is 1. The minimum absolute atomic E-state index is 0.187. The molecule has 1 aromatic carbocycles. The molecule has 2 N–H and O–H groups in total. The van der Waals surface area contributed by atoms with Crippen molar-refractivity contribution in [1.29, 1.82) is 0 Å². The number of ether oxygens (including phenoxy) is 1. The summed E-state index contributed by atoms with van der Waals surface area (Å²) in [6.07, 6.45) is 1.45. The number of urea groups is 1. The Bertz CT molecular complexity index is 819. The number of carbonyl (C=O) groups excluding carboxylic acids is 2. The number of hydrogen-bond acceptors (Lipinski definition) is 5. The van der Waals surface area contributed by atoms with E-state index in [0.29, 0.717) is 38.3 Å². The molecule has 0 unspecified atom stereocenters. The first-order valence-corrected chi connectivity index (χ1v) is 10.9. The Labute approximate surface area is 165 Å². The van der Waals surface area contributed by atoms with E-state index in [1.54, 1.807) is 12.1 Å². The molecule has 154 valence electrons. The Kier molecular flexibility index (Phi) is 6.21. The first-order chi connectivity index (χ1) is 13.4. The van der Waals surface area contributed by atoms with Crippen LogP contribution in [0.2, 0.25) is 0 Å². The molecule has 2 heterocycles. The maximum absolute atomic E-state index is 12.8. The Balaban J connectivity index is 1.58. The van der Waals surface area contributed by atoms with Gasteiger partial charge in [0.15, 0.2) is 6.67 Å². The molecule has 10 heteroatoms. The number of nitrogens with zero attached hydrogens (tertiary/aromatic N) is 2. The van der Waals surface area contributed by atoms with Gasteiger partial charge in [-0.15, -0.1) is 0 Å². The molecular formula is C18H27N4O5S+. The van der Waals surface area contributed by atoms with E-state index in [0.717, 1.165) is 11.3 Å². The van der Waals surface area contributed by atoms with Crippen molar-refractivity contribution in [1.82, 2.24) is 14.5 Å². The maximum Gasteiger partial charge on any atom is 0.329 e. The predicted molar refractivity (Wildman–Crippen MR) is 101 cm³/mol. The third-order valence-electron chi connectivity index (χ3n) is 5.19. The molecule has 2 fully saturated rings. The number of quaternary nitrogens is 1. The molecule has 0 aliphatic carbocycles. The molecule has 3 amide bonds. The SMILES string of the molecule is CCC[C@H]1NC(=O)N(C[NH+]2CCN(S(=O)(=O)c3ccc(OC)cc3)CC2)C1=O. The van der Waals surface area contributed by atoms with Crippen LogP contribution in [0, 0.1) is 0 Å². The second kappa shape index (κ2) is 8.46. The van der Waals surface area contributed by atoms with Gasteiger partial charge in [-0.25, -0.2) is 18.1 Å². The molecule has 0 saturated carbocycles. The molecule has 2 aliphatic heterocycles. The lowest BCUT2D eigenvalue weighted by Gasteiger charge is -2.32. The van der Waals surface area contributed by atoms with Gasteiger partial charge >= 0.3 is 6.03 Å². The first-order valence-electron chi connectivity index (χ1n) is 9.46. The van der Waals surface area contributed by atoms with E-state index in [9.17, 15) is 18.0 Å². The highest BCUT2D eigenvalue weighted by Gasteiger charge is 2.40. The molecule has 1 atom stereocenters. The van der Waals surface area contributed by atoms with Crippen molar-refractivity contribution >= 4 is 22.0 Å². The molecule has 3 rings (SSSR count). The molecule has 1 aromatic rings. The monoisotopic (exact) mass is 411 g/mol. The van der Waals surface area contributed by atoms with Gasteiger partial charge in [-0.1, -0.05) is 13.3 Å². The van der Waals surface area contributed by atoms with Crippen LogP contribution in [0.25, 0.3) is 0 Å². The Morgan fingerprint density at radius 3 is 2.39 bits per heavy atom. The van der Waals surface area contributed by atoms with Crippen LogP contribution in [0.15, 0.2) is 29.2 Å². The van der Waals surface area contributed by atoms with E-state index < -0.39 is 16.1 Å². The van der Waals surface area contributed by atoms with Gasteiger partial charge in [0.05, 0.1) is 38.2 Å². The summed E-state index contributed by atoms with van der Waals surface area (Å²) in [6.45, 7) is 3.98. The minimum Gasteiger partial charge on any atom is -0.497 e. The molecular weight excluding hydrogens is 384 g/mol. The Morgan fingerprint density at radius 2 is 1.82 bits per heavy atom. The average Bonchev–Trinajstić information content (AvgIpc) is 2.96. The van der Waals surface area contributed by atoms with Gasteiger partial charge in [-0.05, 0) is 30.7 Å². The number of sulfonamides is 1. The lowest BCUT2D eigenvalue weighted by atomic mass is 10.2. The summed E-state index contributed by atoms with van der Waals surface area (Å²) in [5.41, 5.74) is 0. The van der Waals surface area contributed by atoms with Gasteiger partial charge in [-0.3, -0.25) is 4.79 Å². The number of methoxy groups -OCH3 is 1. The number of amides is 3. The fraction of sp³-hybridized carbons (Fsp3) is 0.556. The highest BCUT2D eigenvalue weighted by atomic mass is 32.2. The number of benzene rings is 1. The lowest BCUT2D eigenvalue weighted by Crippen LogP contribution is -3.16. The fourth-order valence-electron chi connectivity index (χ4n) is 3.53. The van der Waals surface area contributed by atoms with Gasteiger partial charge in [-0.2, -0.15) is 4.31 Å². The van der Waals surface area contributed by atoms with Gasteiger partial charge in [0.1, 0.15) is 11.8 Å². The second-order valence-electron chi connectivity index (χ2n) is 7.04. The summed E-state index contributed by atoms with van der Waals surface area (Å²) in [5, 5.41) is 2.72. The van der Waals surface area contributed by atoms with Crippen molar-refractivity contribution in [2.45, 2.75) is 30.7 Å². The summed E-state index contributed by atoms with van der Waals surface area (Å²) in [7, 11) is -2.04. The van der Waals surface area contributed by atoms with Gasteiger partial charge in [0.2, 0.25) is 10.0 Å². The topological polar surface area (TPSA) is 100 Å². The maximum atomic E-state index is 12.8. The smallest absolute Gasteiger partial charge is 0.329 e. The van der Waals surface area contributed by atoms with Crippen molar-refractivity contribution in [2.24, 2.45) is 0 Å². The molecule has 2 aliphatic rings. The van der Waals surface area contributed by atoms with Crippen LogP contribution in [0.5, 0.6) is 5.75 Å². The fourth-order valence-corrected chi connectivity index (χ4v) is 4.97. The molecule has 9 nitrogen and oxygen atoms in total. The standard InChI is InChI=1S/C18H26N4O5S/c1-3-4-16-17(23)22(18(24)19-16)13-20-9-11-21(12-10-20)28(25,26)15-7-5-14(27-2)6-8-15/h5-8,16H,3-4,9-13H2,1-2H3,(H,19,24)/p+1/t16-/m1/s1. The molecule has 0 radical (unpaired) electrons.